The van der Waals surface area contributed by atoms with Crippen LogP contribution < -0.4 is 10.6 Å². The van der Waals surface area contributed by atoms with Crippen LogP contribution in [0.1, 0.15) is 71.9 Å². The van der Waals surface area contributed by atoms with E-state index in [4.69, 9.17) is 0 Å². The maximum Gasteiger partial charge on any atom is 0.253 e. The van der Waals surface area contributed by atoms with Crippen LogP contribution in [-0.2, 0) is 16.4 Å². The Morgan fingerprint density at radius 3 is 2.26 bits per heavy atom. The Kier molecular flexibility index (Phi) is 12.6. The summed E-state index contributed by atoms with van der Waals surface area (Å²) < 4.78 is 54.9. The molecule has 2 amide bonds. The van der Waals surface area contributed by atoms with E-state index in [9.17, 15) is 31.9 Å². The van der Waals surface area contributed by atoms with Gasteiger partial charge in [-0.25, -0.2) is 17.2 Å². The fourth-order valence-corrected chi connectivity index (χ4v) is 7.00. The number of benzene rings is 2. The first-order valence-electron chi connectivity index (χ1n) is 14.9. The molecule has 0 radical (unpaired) electrons. The summed E-state index contributed by atoms with van der Waals surface area (Å²) in [4.78, 5) is 28.6. The number of amides is 2. The molecule has 3 atom stereocenters. The minimum absolute atomic E-state index is 0.0266. The Labute approximate surface area is 253 Å². The predicted octanol–water partition coefficient (Wildman–Crippen LogP) is 3.25. The Bertz CT molecular complexity index is 1350. The standard InChI is InChI=1S/C31H44F2N4O5S/c1-5-9-36(10-6-2)31(40)24-14-21(4)13-23(18-24)30(39)35-27(17-22-15-25(32)19-26(33)16-22)29(38)28-20-37(11-8-34-28)43(41,42)12-7-3/h13-16,18-19,27-29,34,38H,5-12,17,20H2,1-4H3,(H,35,39)/t27-,28+,29-/m0/s1. The first-order valence-corrected chi connectivity index (χ1v) is 16.5. The van der Waals surface area contributed by atoms with E-state index in [1.165, 1.54) is 10.4 Å². The maximum absolute atomic E-state index is 14.0. The lowest BCUT2D eigenvalue weighted by atomic mass is 9.94. The smallest absolute Gasteiger partial charge is 0.253 e. The van der Waals surface area contributed by atoms with E-state index in [-0.39, 0.29) is 48.8 Å². The minimum atomic E-state index is -3.54. The van der Waals surface area contributed by atoms with E-state index in [0.29, 0.717) is 30.6 Å². The molecule has 12 heteroatoms. The van der Waals surface area contributed by atoms with Crippen LogP contribution in [0.25, 0.3) is 0 Å². The minimum Gasteiger partial charge on any atom is -0.389 e. The van der Waals surface area contributed by atoms with Crippen LogP contribution in [0, 0.1) is 18.6 Å². The SMILES string of the molecule is CCCN(CCC)C(=O)c1cc(C)cc(C(=O)N[C@@H](Cc2cc(F)cc(F)c2)[C@H](O)[C@H]2CN(S(=O)(=O)CCC)CCN2)c1. The van der Waals surface area contributed by atoms with Gasteiger partial charge >= 0.3 is 0 Å². The van der Waals surface area contributed by atoms with Gasteiger partial charge in [-0.3, -0.25) is 9.59 Å². The van der Waals surface area contributed by atoms with Crippen molar-refractivity contribution in [3.63, 3.8) is 0 Å². The lowest BCUT2D eigenvalue weighted by molar-refractivity contribution is 0.0600. The second kappa shape index (κ2) is 15.7. The number of nitrogens with zero attached hydrogens (tertiary/aromatic N) is 2. The van der Waals surface area contributed by atoms with Crippen LogP contribution in [-0.4, -0.2) is 91.2 Å². The molecule has 3 N–H and O–H groups in total. The molecule has 0 aromatic heterocycles. The summed E-state index contributed by atoms with van der Waals surface area (Å²) in [6, 6.07) is 6.04. The Morgan fingerprint density at radius 1 is 1.02 bits per heavy atom. The van der Waals surface area contributed by atoms with Gasteiger partial charge in [-0.2, -0.15) is 4.31 Å². The fraction of sp³-hybridized carbons (Fsp3) is 0.548. The Balaban J connectivity index is 1.91. The highest BCUT2D eigenvalue weighted by Gasteiger charge is 2.36. The van der Waals surface area contributed by atoms with Crippen molar-refractivity contribution in [1.29, 1.82) is 0 Å². The van der Waals surface area contributed by atoms with Crippen molar-refractivity contribution < 1.29 is 31.9 Å². The van der Waals surface area contributed by atoms with Crippen LogP contribution in [0.4, 0.5) is 8.78 Å². The summed E-state index contributed by atoms with van der Waals surface area (Å²) in [6.45, 7) is 9.18. The molecule has 238 valence electrons. The van der Waals surface area contributed by atoms with E-state index < -0.39 is 45.8 Å². The summed E-state index contributed by atoms with van der Waals surface area (Å²) in [5, 5.41) is 17.4. The van der Waals surface area contributed by atoms with Crippen molar-refractivity contribution in [2.24, 2.45) is 0 Å². The molecule has 0 spiro atoms. The van der Waals surface area contributed by atoms with Gasteiger partial charge in [0, 0.05) is 56.0 Å². The van der Waals surface area contributed by atoms with E-state index in [2.05, 4.69) is 10.6 Å². The molecule has 2 aromatic rings. The van der Waals surface area contributed by atoms with Gasteiger partial charge in [-0.05, 0) is 74.1 Å². The summed E-state index contributed by atoms with van der Waals surface area (Å²) in [7, 11) is -3.54. The predicted molar refractivity (Wildman–Crippen MR) is 162 cm³/mol. The number of halogens is 2. The number of nitrogens with one attached hydrogen (secondary N) is 2. The molecule has 0 bridgehead atoms. The van der Waals surface area contributed by atoms with Gasteiger partial charge in [0.1, 0.15) is 11.6 Å². The van der Waals surface area contributed by atoms with Crippen LogP contribution in [0.2, 0.25) is 0 Å². The van der Waals surface area contributed by atoms with E-state index >= 15 is 0 Å². The average molecular weight is 623 g/mol. The fourth-order valence-electron chi connectivity index (χ4n) is 5.47. The molecule has 1 heterocycles. The molecule has 1 fully saturated rings. The third-order valence-corrected chi connectivity index (χ3v) is 9.45. The summed E-state index contributed by atoms with van der Waals surface area (Å²) in [5.74, 6) is -2.39. The Hall–Kier alpha value is -2.93. The number of aryl methyl sites for hydroxylation is 1. The van der Waals surface area contributed by atoms with E-state index in [1.807, 2.05) is 13.8 Å². The Morgan fingerprint density at radius 2 is 1.65 bits per heavy atom. The van der Waals surface area contributed by atoms with Crippen LogP contribution in [0.5, 0.6) is 0 Å². The van der Waals surface area contributed by atoms with Crippen LogP contribution in [0.15, 0.2) is 36.4 Å². The zero-order valence-electron chi connectivity index (χ0n) is 25.4. The number of hydrogen-bond acceptors (Lipinski definition) is 6. The quantitative estimate of drug-likeness (QED) is 0.298. The third-order valence-electron chi connectivity index (χ3n) is 7.40. The van der Waals surface area contributed by atoms with Gasteiger partial charge < -0.3 is 20.6 Å². The molecule has 1 aliphatic rings. The van der Waals surface area contributed by atoms with Gasteiger partial charge in [0.25, 0.3) is 11.8 Å². The molecule has 0 aliphatic carbocycles. The number of carbonyl (C=O) groups excluding carboxylic acids is 2. The molecule has 2 aromatic carbocycles. The number of carbonyl (C=O) groups is 2. The van der Waals surface area contributed by atoms with Gasteiger partial charge in [-0.15, -0.1) is 0 Å². The van der Waals surface area contributed by atoms with E-state index in [1.54, 1.807) is 30.9 Å². The molecular formula is C31H44F2N4O5S. The van der Waals surface area contributed by atoms with Gasteiger partial charge in [0.15, 0.2) is 0 Å². The van der Waals surface area contributed by atoms with Crippen molar-refractivity contribution in [2.45, 2.75) is 71.6 Å². The topological polar surface area (TPSA) is 119 Å². The summed E-state index contributed by atoms with van der Waals surface area (Å²) >= 11 is 0. The number of sulfonamides is 1. The molecule has 1 aliphatic heterocycles. The van der Waals surface area contributed by atoms with E-state index in [0.717, 1.165) is 31.0 Å². The highest BCUT2D eigenvalue weighted by atomic mass is 32.2. The molecule has 3 rings (SSSR count). The summed E-state index contributed by atoms with van der Waals surface area (Å²) in [6.07, 6.45) is 0.582. The first-order chi connectivity index (χ1) is 20.4. The number of aliphatic hydroxyl groups is 1. The number of rotatable bonds is 14. The highest BCUT2D eigenvalue weighted by molar-refractivity contribution is 7.89. The van der Waals surface area contributed by atoms with Crippen molar-refractivity contribution in [1.82, 2.24) is 19.8 Å². The van der Waals surface area contributed by atoms with Crippen molar-refractivity contribution in [3.05, 3.63) is 70.3 Å². The van der Waals surface area contributed by atoms with Gasteiger partial charge in [0.2, 0.25) is 10.0 Å². The molecule has 1 saturated heterocycles. The lowest BCUT2D eigenvalue weighted by Crippen LogP contribution is -2.62. The number of hydrogen-bond donors (Lipinski definition) is 3. The summed E-state index contributed by atoms with van der Waals surface area (Å²) in [5.41, 5.74) is 1.46. The van der Waals surface area contributed by atoms with Crippen molar-refractivity contribution in [3.8, 4) is 0 Å². The van der Waals surface area contributed by atoms with Crippen LogP contribution >= 0.6 is 0 Å². The highest BCUT2D eigenvalue weighted by Crippen LogP contribution is 2.19. The lowest BCUT2D eigenvalue weighted by Gasteiger charge is -2.38. The molecule has 0 unspecified atom stereocenters. The number of aliphatic hydroxyl groups excluding tert-OH is 1. The zero-order valence-corrected chi connectivity index (χ0v) is 26.2. The largest absolute Gasteiger partial charge is 0.389 e. The zero-order chi connectivity index (χ0) is 31.7. The third kappa shape index (κ3) is 9.53. The first kappa shape index (κ1) is 34.6. The maximum atomic E-state index is 14.0. The second-order valence-electron chi connectivity index (χ2n) is 11.2. The monoisotopic (exact) mass is 622 g/mol. The van der Waals surface area contributed by atoms with Crippen molar-refractivity contribution in [2.75, 3.05) is 38.5 Å². The number of piperazine rings is 1. The molecular weight excluding hydrogens is 578 g/mol. The normalized spacial score (nSPS) is 17.3. The van der Waals surface area contributed by atoms with Crippen LogP contribution in [0.3, 0.4) is 0 Å². The molecule has 0 saturated carbocycles. The second-order valence-corrected chi connectivity index (χ2v) is 13.3. The van der Waals surface area contributed by atoms with Gasteiger partial charge in [0.05, 0.1) is 17.9 Å². The van der Waals surface area contributed by atoms with Gasteiger partial charge in [-0.1, -0.05) is 20.8 Å². The van der Waals surface area contributed by atoms with Crippen molar-refractivity contribution >= 4 is 21.8 Å². The molecule has 9 nitrogen and oxygen atoms in total. The molecule has 43 heavy (non-hydrogen) atoms. The average Bonchev–Trinajstić information content (AvgIpc) is 2.95.